The van der Waals surface area contributed by atoms with Crippen LogP contribution in [0.4, 0.5) is 0 Å². The Morgan fingerprint density at radius 3 is 3.00 bits per heavy atom. The first kappa shape index (κ1) is 11.6. The molecular weight excluding hydrogens is 196 g/mol. The van der Waals surface area contributed by atoms with E-state index in [0.717, 1.165) is 17.9 Å². The van der Waals surface area contributed by atoms with E-state index < -0.39 is 0 Å². The fourth-order valence-electron chi connectivity index (χ4n) is 1.16. The Morgan fingerprint density at radius 1 is 1.64 bits per heavy atom. The van der Waals surface area contributed by atoms with Crippen molar-refractivity contribution in [2.24, 2.45) is 13.0 Å². The van der Waals surface area contributed by atoms with Crippen molar-refractivity contribution in [3.05, 3.63) is 18.0 Å². The summed E-state index contributed by atoms with van der Waals surface area (Å²) in [4.78, 5) is 0. The number of nitrogens with zero attached hydrogens (tertiary/aromatic N) is 2. The molecule has 0 amide bonds. The van der Waals surface area contributed by atoms with Gasteiger partial charge in [0, 0.05) is 25.5 Å². The Morgan fingerprint density at radius 2 is 2.43 bits per heavy atom. The van der Waals surface area contributed by atoms with E-state index in [1.807, 2.05) is 29.7 Å². The molecule has 1 aromatic rings. The standard InChI is InChI=1S/C10H18N2OS/c1-9(7-13)8-14-6-4-10-3-5-11-12(10)2/h3,5,9,13H,4,6-8H2,1-2H3. The van der Waals surface area contributed by atoms with E-state index in [4.69, 9.17) is 5.11 Å². The predicted molar refractivity (Wildman–Crippen MR) is 60.5 cm³/mol. The van der Waals surface area contributed by atoms with Gasteiger partial charge in [-0.05, 0) is 29.9 Å². The third-order valence-corrected chi connectivity index (χ3v) is 3.44. The molecule has 1 rings (SSSR count). The number of hydrogen-bond donors (Lipinski definition) is 1. The summed E-state index contributed by atoms with van der Waals surface area (Å²) in [5.41, 5.74) is 1.27. The van der Waals surface area contributed by atoms with Gasteiger partial charge in [0.2, 0.25) is 0 Å². The first-order valence-corrected chi connectivity index (χ1v) is 6.05. The lowest BCUT2D eigenvalue weighted by atomic mass is 10.2. The number of hydrogen-bond acceptors (Lipinski definition) is 3. The summed E-state index contributed by atoms with van der Waals surface area (Å²) >= 11 is 1.89. The quantitative estimate of drug-likeness (QED) is 0.726. The SMILES string of the molecule is CC(CO)CSCCc1ccnn1C. The minimum Gasteiger partial charge on any atom is -0.396 e. The summed E-state index contributed by atoms with van der Waals surface area (Å²) in [6.45, 7) is 2.36. The van der Waals surface area contributed by atoms with Crippen LogP contribution in [0.5, 0.6) is 0 Å². The smallest absolute Gasteiger partial charge is 0.0492 e. The van der Waals surface area contributed by atoms with Gasteiger partial charge in [-0.3, -0.25) is 4.68 Å². The molecule has 0 fully saturated rings. The molecule has 0 bridgehead atoms. The highest BCUT2D eigenvalue weighted by atomic mass is 32.2. The molecule has 0 aromatic carbocycles. The molecular formula is C10H18N2OS. The lowest BCUT2D eigenvalue weighted by Gasteiger charge is -2.06. The molecule has 1 atom stereocenters. The van der Waals surface area contributed by atoms with E-state index >= 15 is 0 Å². The van der Waals surface area contributed by atoms with Gasteiger partial charge < -0.3 is 5.11 Å². The van der Waals surface area contributed by atoms with Gasteiger partial charge in [0.1, 0.15) is 0 Å². The molecule has 0 radical (unpaired) electrons. The highest BCUT2D eigenvalue weighted by molar-refractivity contribution is 7.99. The van der Waals surface area contributed by atoms with Crippen molar-refractivity contribution in [2.75, 3.05) is 18.1 Å². The fourth-order valence-corrected chi connectivity index (χ4v) is 2.19. The van der Waals surface area contributed by atoms with Crippen molar-refractivity contribution in [3.8, 4) is 0 Å². The van der Waals surface area contributed by atoms with Crippen molar-refractivity contribution >= 4 is 11.8 Å². The van der Waals surface area contributed by atoms with Gasteiger partial charge in [0.05, 0.1) is 0 Å². The van der Waals surface area contributed by atoms with Crippen molar-refractivity contribution in [3.63, 3.8) is 0 Å². The minimum absolute atomic E-state index is 0.290. The molecule has 0 saturated carbocycles. The second-order valence-corrected chi connectivity index (χ2v) is 4.71. The van der Waals surface area contributed by atoms with Crippen LogP contribution in [-0.4, -0.2) is 33.0 Å². The van der Waals surface area contributed by atoms with Gasteiger partial charge in [0.15, 0.2) is 0 Å². The normalized spacial score (nSPS) is 13.1. The molecule has 4 heteroatoms. The summed E-state index contributed by atoms with van der Waals surface area (Å²) in [5.74, 6) is 2.55. The molecule has 1 heterocycles. The Kier molecular flexibility index (Phi) is 5.04. The predicted octanol–water partition coefficient (Wildman–Crippen LogP) is 1.32. The first-order valence-electron chi connectivity index (χ1n) is 4.89. The average Bonchev–Trinajstić information content (AvgIpc) is 2.58. The van der Waals surface area contributed by atoms with Gasteiger partial charge in [0.25, 0.3) is 0 Å². The van der Waals surface area contributed by atoms with Crippen LogP contribution in [0.25, 0.3) is 0 Å². The molecule has 1 unspecified atom stereocenters. The van der Waals surface area contributed by atoms with Crippen molar-refractivity contribution in [2.45, 2.75) is 13.3 Å². The zero-order valence-electron chi connectivity index (χ0n) is 8.81. The molecule has 14 heavy (non-hydrogen) atoms. The van der Waals surface area contributed by atoms with E-state index in [1.54, 1.807) is 0 Å². The van der Waals surface area contributed by atoms with Crippen LogP contribution in [0.15, 0.2) is 12.3 Å². The molecule has 0 aliphatic carbocycles. The molecule has 0 saturated heterocycles. The molecule has 0 spiro atoms. The summed E-state index contributed by atoms with van der Waals surface area (Å²) in [6.07, 6.45) is 2.88. The van der Waals surface area contributed by atoms with E-state index in [2.05, 4.69) is 18.1 Å². The monoisotopic (exact) mass is 214 g/mol. The van der Waals surface area contributed by atoms with E-state index in [1.165, 1.54) is 5.69 Å². The maximum atomic E-state index is 8.83. The second kappa shape index (κ2) is 6.09. The van der Waals surface area contributed by atoms with E-state index in [0.29, 0.717) is 12.5 Å². The lowest BCUT2D eigenvalue weighted by molar-refractivity contribution is 0.250. The van der Waals surface area contributed by atoms with Crippen LogP contribution in [-0.2, 0) is 13.5 Å². The van der Waals surface area contributed by atoms with Crippen LogP contribution in [0, 0.1) is 5.92 Å². The molecule has 3 nitrogen and oxygen atoms in total. The molecule has 0 aliphatic rings. The zero-order valence-corrected chi connectivity index (χ0v) is 9.63. The van der Waals surface area contributed by atoms with Gasteiger partial charge >= 0.3 is 0 Å². The lowest BCUT2D eigenvalue weighted by Crippen LogP contribution is -2.05. The Bertz CT molecular complexity index is 262. The number of aliphatic hydroxyl groups excluding tert-OH is 1. The highest BCUT2D eigenvalue weighted by Gasteiger charge is 2.01. The third-order valence-electron chi connectivity index (χ3n) is 2.14. The Balaban J connectivity index is 2.13. The van der Waals surface area contributed by atoms with Gasteiger partial charge in [-0.1, -0.05) is 6.92 Å². The summed E-state index contributed by atoms with van der Waals surface area (Å²) < 4.78 is 1.91. The van der Waals surface area contributed by atoms with E-state index in [9.17, 15) is 0 Å². The highest BCUT2D eigenvalue weighted by Crippen LogP contribution is 2.10. The van der Waals surface area contributed by atoms with Crippen LogP contribution >= 0.6 is 11.8 Å². The first-order chi connectivity index (χ1) is 6.74. The molecule has 1 aromatic heterocycles. The Hall–Kier alpha value is -0.480. The van der Waals surface area contributed by atoms with Crippen molar-refractivity contribution in [1.82, 2.24) is 9.78 Å². The van der Waals surface area contributed by atoms with E-state index in [-0.39, 0.29) is 0 Å². The third kappa shape index (κ3) is 3.72. The van der Waals surface area contributed by atoms with Crippen LogP contribution in [0.2, 0.25) is 0 Å². The van der Waals surface area contributed by atoms with Crippen molar-refractivity contribution < 1.29 is 5.11 Å². The zero-order chi connectivity index (χ0) is 10.4. The maximum Gasteiger partial charge on any atom is 0.0492 e. The van der Waals surface area contributed by atoms with Gasteiger partial charge in [-0.2, -0.15) is 16.9 Å². The average molecular weight is 214 g/mol. The summed E-state index contributed by atoms with van der Waals surface area (Å²) in [5, 5.41) is 12.9. The van der Waals surface area contributed by atoms with Gasteiger partial charge in [-0.15, -0.1) is 0 Å². The van der Waals surface area contributed by atoms with Crippen LogP contribution in [0.3, 0.4) is 0 Å². The topological polar surface area (TPSA) is 38.1 Å². The number of thioether (sulfide) groups is 1. The molecule has 0 aliphatic heterocycles. The maximum absolute atomic E-state index is 8.83. The number of aliphatic hydroxyl groups is 1. The number of aryl methyl sites for hydroxylation is 2. The van der Waals surface area contributed by atoms with Crippen molar-refractivity contribution in [1.29, 1.82) is 0 Å². The molecule has 80 valence electrons. The largest absolute Gasteiger partial charge is 0.396 e. The Labute approximate surface area is 89.5 Å². The van der Waals surface area contributed by atoms with Gasteiger partial charge in [-0.25, -0.2) is 0 Å². The number of aromatic nitrogens is 2. The summed E-state index contributed by atoms with van der Waals surface area (Å²) in [6, 6.07) is 2.05. The molecule has 1 N–H and O–H groups in total. The number of rotatable bonds is 6. The van der Waals surface area contributed by atoms with Crippen LogP contribution in [0.1, 0.15) is 12.6 Å². The minimum atomic E-state index is 0.290. The second-order valence-electron chi connectivity index (χ2n) is 3.56. The fraction of sp³-hybridized carbons (Fsp3) is 0.700. The van der Waals surface area contributed by atoms with Crippen LogP contribution < -0.4 is 0 Å². The summed E-state index contributed by atoms with van der Waals surface area (Å²) in [7, 11) is 1.97.